The van der Waals surface area contributed by atoms with E-state index in [-0.39, 0.29) is 5.75 Å². The molecule has 0 radical (unpaired) electrons. The molecule has 0 fully saturated rings. The maximum atomic E-state index is 12.2. The fraction of sp³-hybridized carbons (Fsp3) is 0.412. The van der Waals surface area contributed by atoms with Gasteiger partial charge in [0.1, 0.15) is 12.1 Å². The Morgan fingerprint density at radius 1 is 1.11 bits per heavy atom. The van der Waals surface area contributed by atoms with Gasteiger partial charge in [0.05, 0.1) is 12.6 Å². The average molecular weight is 396 g/mol. The summed E-state index contributed by atoms with van der Waals surface area (Å²) in [5.41, 5.74) is 6.75. The number of carboxylic acids is 1. The van der Waals surface area contributed by atoms with Crippen molar-refractivity contribution < 1.29 is 24.3 Å². The smallest absolute Gasteiger partial charge is 0.325 e. The number of hydrogen-bond acceptors (Lipinski definition) is 6. The molecule has 3 atom stereocenters. The third-order valence-corrected chi connectivity index (χ3v) is 3.99. The van der Waals surface area contributed by atoms with Crippen LogP contribution in [-0.2, 0) is 25.6 Å². The summed E-state index contributed by atoms with van der Waals surface area (Å²) in [4.78, 5) is 46.6. The number of thiol groups is 1. The van der Waals surface area contributed by atoms with E-state index in [1.165, 1.54) is 6.92 Å². The van der Waals surface area contributed by atoms with E-state index in [1.807, 2.05) is 30.3 Å². The minimum Gasteiger partial charge on any atom is -0.480 e. The van der Waals surface area contributed by atoms with Gasteiger partial charge < -0.3 is 26.8 Å². The van der Waals surface area contributed by atoms with Crippen molar-refractivity contribution in [3.05, 3.63) is 35.9 Å². The van der Waals surface area contributed by atoms with Gasteiger partial charge in [-0.25, -0.2) is 0 Å². The predicted molar refractivity (Wildman–Crippen MR) is 102 cm³/mol. The molecule has 1 aromatic carbocycles. The second-order valence-corrected chi connectivity index (χ2v) is 6.25. The van der Waals surface area contributed by atoms with Crippen molar-refractivity contribution in [3.8, 4) is 0 Å². The van der Waals surface area contributed by atoms with Crippen LogP contribution in [-0.4, -0.2) is 59.2 Å². The van der Waals surface area contributed by atoms with Gasteiger partial charge in [-0.15, -0.1) is 0 Å². The van der Waals surface area contributed by atoms with E-state index in [0.717, 1.165) is 5.56 Å². The highest BCUT2D eigenvalue weighted by atomic mass is 32.1. The topological polar surface area (TPSA) is 151 Å². The van der Waals surface area contributed by atoms with E-state index < -0.39 is 48.4 Å². The molecule has 0 saturated heterocycles. The van der Waals surface area contributed by atoms with Crippen LogP contribution in [0.2, 0.25) is 0 Å². The lowest BCUT2D eigenvalue weighted by Crippen LogP contribution is -2.54. The number of hydrogen-bond donors (Lipinski definition) is 6. The number of carboxylic acid groups (broad SMARTS) is 1. The van der Waals surface area contributed by atoms with E-state index in [9.17, 15) is 19.2 Å². The monoisotopic (exact) mass is 396 g/mol. The zero-order valence-corrected chi connectivity index (χ0v) is 15.7. The summed E-state index contributed by atoms with van der Waals surface area (Å²) in [5.74, 6) is -2.99. The fourth-order valence-corrected chi connectivity index (χ4v) is 2.34. The van der Waals surface area contributed by atoms with Crippen molar-refractivity contribution in [2.75, 3.05) is 12.3 Å². The van der Waals surface area contributed by atoms with Crippen molar-refractivity contribution in [3.63, 3.8) is 0 Å². The van der Waals surface area contributed by atoms with Crippen LogP contribution < -0.4 is 21.7 Å². The van der Waals surface area contributed by atoms with Gasteiger partial charge in [-0.2, -0.15) is 12.6 Å². The van der Waals surface area contributed by atoms with Crippen molar-refractivity contribution in [2.45, 2.75) is 31.5 Å². The Labute approximate surface area is 162 Å². The molecule has 10 heteroatoms. The van der Waals surface area contributed by atoms with Gasteiger partial charge in [0, 0.05) is 5.75 Å². The number of benzene rings is 1. The van der Waals surface area contributed by atoms with Gasteiger partial charge >= 0.3 is 5.97 Å². The number of carbonyl (C=O) groups excluding carboxylic acids is 3. The average Bonchev–Trinajstić information content (AvgIpc) is 2.64. The standard InChI is InChI=1S/C17H24N4O5S/c1-10(17(25)26)20-14(22)8-19-16(24)13(9-27)21-15(23)12(18)7-11-5-3-2-4-6-11/h2-6,10,12-13,27H,7-9,18H2,1H3,(H,19,24)(H,20,22)(H,21,23)(H,25,26). The van der Waals surface area contributed by atoms with Crippen LogP contribution in [0.15, 0.2) is 30.3 Å². The number of carbonyl (C=O) groups is 4. The Bertz CT molecular complexity index is 671. The first-order valence-corrected chi connectivity index (χ1v) is 8.88. The second-order valence-electron chi connectivity index (χ2n) is 5.89. The molecule has 6 N–H and O–H groups in total. The molecule has 9 nitrogen and oxygen atoms in total. The minimum absolute atomic E-state index is 0.00276. The molecule has 0 bridgehead atoms. The molecule has 148 valence electrons. The van der Waals surface area contributed by atoms with Crippen molar-refractivity contribution in [1.29, 1.82) is 0 Å². The van der Waals surface area contributed by atoms with Crippen LogP contribution in [0.25, 0.3) is 0 Å². The summed E-state index contributed by atoms with van der Waals surface area (Å²) in [5, 5.41) is 15.7. The highest BCUT2D eigenvalue weighted by Gasteiger charge is 2.23. The SMILES string of the molecule is CC(NC(=O)CNC(=O)C(CS)NC(=O)C(N)Cc1ccccc1)C(=O)O. The Morgan fingerprint density at radius 3 is 2.30 bits per heavy atom. The number of aliphatic carboxylic acids is 1. The Hall–Kier alpha value is -2.59. The van der Waals surface area contributed by atoms with Crippen LogP contribution in [0.4, 0.5) is 0 Å². The molecule has 0 aromatic heterocycles. The Balaban J connectivity index is 2.49. The first-order valence-electron chi connectivity index (χ1n) is 8.25. The summed E-state index contributed by atoms with van der Waals surface area (Å²) < 4.78 is 0. The predicted octanol–water partition coefficient (Wildman–Crippen LogP) is -1.32. The number of amides is 3. The van der Waals surface area contributed by atoms with E-state index >= 15 is 0 Å². The molecule has 0 spiro atoms. The van der Waals surface area contributed by atoms with Crippen molar-refractivity contribution >= 4 is 36.3 Å². The van der Waals surface area contributed by atoms with Crippen LogP contribution in [0.3, 0.4) is 0 Å². The van der Waals surface area contributed by atoms with Crippen LogP contribution >= 0.6 is 12.6 Å². The molecule has 0 heterocycles. The van der Waals surface area contributed by atoms with Crippen LogP contribution in [0, 0.1) is 0 Å². The molecule has 1 rings (SSSR count). The summed E-state index contributed by atoms with van der Waals surface area (Å²) in [6, 6.07) is 6.30. The van der Waals surface area contributed by atoms with Gasteiger partial charge in [0.25, 0.3) is 0 Å². The summed E-state index contributed by atoms with van der Waals surface area (Å²) >= 11 is 4.03. The first kappa shape index (κ1) is 22.5. The largest absolute Gasteiger partial charge is 0.480 e. The molecule has 1 aromatic rings. The second kappa shape index (κ2) is 11.2. The highest BCUT2D eigenvalue weighted by Crippen LogP contribution is 2.02. The number of nitrogens with two attached hydrogens (primary N) is 1. The molecule has 3 amide bonds. The van der Waals surface area contributed by atoms with E-state index in [4.69, 9.17) is 10.8 Å². The van der Waals surface area contributed by atoms with E-state index in [0.29, 0.717) is 6.42 Å². The Morgan fingerprint density at radius 2 is 1.74 bits per heavy atom. The maximum Gasteiger partial charge on any atom is 0.325 e. The molecule has 0 aliphatic rings. The lowest BCUT2D eigenvalue weighted by Gasteiger charge is -2.19. The van der Waals surface area contributed by atoms with Gasteiger partial charge in [0.15, 0.2) is 0 Å². The van der Waals surface area contributed by atoms with Gasteiger partial charge in [-0.1, -0.05) is 30.3 Å². The van der Waals surface area contributed by atoms with Crippen molar-refractivity contribution in [2.24, 2.45) is 5.73 Å². The first-order chi connectivity index (χ1) is 12.7. The van der Waals surface area contributed by atoms with E-state index in [2.05, 4.69) is 28.6 Å². The number of nitrogens with one attached hydrogen (secondary N) is 3. The molecule has 27 heavy (non-hydrogen) atoms. The molecular weight excluding hydrogens is 372 g/mol. The summed E-state index contributed by atoms with van der Waals surface area (Å²) in [7, 11) is 0. The minimum atomic E-state index is -1.19. The van der Waals surface area contributed by atoms with Gasteiger partial charge in [0.2, 0.25) is 17.7 Å². The third-order valence-electron chi connectivity index (χ3n) is 3.62. The molecule has 0 aliphatic heterocycles. The zero-order valence-electron chi connectivity index (χ0n) is 14.8. The van der Waals surface area contributed by atoms with Crippen molar-refractivity contribution in [1.82, 2.24) is 16.0 Å². The molecule has 3 unspecified atom stereocenters. The highest BCUT2D eigenvalue weighted by molar-refractivity contribution is 7.80. The summed E-state index contributed by atoms with van der Waals surface area (Å²) in [6.45, 7) is 0.875. The van der Waals surface area contributed by atoms with Crippen LogP contribution in [0.5, 0.6) is 0 Å². The van der Waals surface area contributed by atoms with Gasteiger partial charge in [-0.05, 0) is 18.9 Å². The quantitative estimate of drug-likeness (QED) is 0.270. The lowest BCUT2D eigenvalue weighted by atomic mass is 10.1. The van der Waals surface area contributed by atoms with Gasteiger partial charge in [-0.3, -0.25) is 19.2 Å². The lowest BCUT2D eigenvalue weighted by molar-refractivity contribution is -0.141. The van der Waals surface area contributed by atoms with Crippen LogP contribution in [0.1, 0.15) is 12.5 Å². The molecular formula is C17H24N4O5S. The maximum absolute atomic E-state index is 12.2. The summed E-state index contributed by atoms with van der Waals surface area (Å²) in [6.07, 6.45) is 0.309. The normalized spacial score (nSPS) is 13.7. The van der Waals surface area contributed by atoms with E-state index in [1.54, 1.807) is 0 Å². The Kier molecular flexibility index (Phi) is 9.31. The molecule has 0 saturated carbocycles. The fourth-order valence-electron chi connectivity index (χ4n) is 2.08. The zero-order chi connectivity index (χ0) is 20.4. The third kappa shape index (κ3) is 8.09. The molecule has 0 aliphatic carbocycles. The number of rotatable bonds is 10.